The van der Waals surface area contributed by atoms with E-state index in [1.54, 1.807) is 0 Å². The molecule has 1 aliphatic carbocycles. The molecular weight excluding hydrogens is 172 g/mol. The molecule has 0 fully saturated rings. The van der Waals surface area contributed by atoms with Crippen LogP contribution in [0.15, 0.2) is 59.4 Å². The van der Waals surface area contributed by atoms with E-state index in [0.29, 0.717) is 5.76 Å². The Labute approximate surface area is 85.5 Å². The van der Waals surface area contributed by atoms with E-state index in [1.807, 2.05) is 50.3 Å². The van der Waals surface area contributed by atoms with Crippen LogP contribution >= 0.6 is 0 Å². The Morgan fingerprint density at radius 3 is 2.79 bits per heavy atom. The number of aliphatic hydroxyl groups is 1. The molecule has 0 aromatic rings. The van der Waals surface area contributed by atoms with Crippen molar-refractivity contribution in [3.8, 4) is 0 Å². The molecule has 0 saturated carbocycles. The van der Waals surface area contributed by atoms with Gasteiger partial charge >= 0.3 is 0 Å². The highest BCUT2D eigenvalue weighted by atomic mass is 16.3. The van der Waals surface area contributed by atoms with Crippen LogP contribution in [0.2, 0.25) is 0 Å². The maximum Gasteiger partial charge on any atom is 0.114 e. The number of hydrogen-bond donors (Lipinski definition) is 1. The van der Waals surface area contributed by atoms with Crippen molar-refractivity contribution in [3.63, 3.8) is 0 Å². The van der Waals surface area contributed by atoms with Gasteiger partial charge < -0.3 is 5.11 Å². The van der Waals surface area contributed by atoms with Crippen molar-refractivity contribution < 1.29 is 5.11 Å². The van der Waals surface area contributed by atoms with Gasteiger partial charge in [0.25, 0.3) is 0 Å². The van der Waals surface area contributed by atoms with Gasteiger partial charge in [0, 0.05) is 0 Å². The lowest BCUT2D eigenvalue weighted by Gasteiger charge is -1.95. The summed E-state index contributed by atoms with van der Waals surface area (Å²) in [5, 5.41) is 9.47. The Morgan fingerprint density at radius 2 is 2.07 bits per heavy atom. The first-order chi connectivity index (χ1) is 6.74. The molecule has 1 nitrogen and oxygen atoms in total. The molecule has 0 atom stereocenters. The van der Waals surface area contributed by atoms with Crippen LogP contribution < -0.4 is 0 Å². The van der Waals surface area contributed by atoms with Crippen molar-refractivity contribution in [1.82, 2.24) is 0 Å². The fourth-order valence-electron chi connectivity index (χ4n) is 1.17. The lowest BCUT2D eigenvalue weighted by atomic mass is 10.1. The summed E-state index contributed by atoms with van der Waals surface area (Å²) in [6.07, 6.45) is 14.6. The van der Waals surface area contributed by atoms with Crippen LogP contribution in [0, 0.1) is 0 Å². The minimum Gasteiger partial charge on any atom is -0.508 e. The zero-order valence-corrected chi connectivity index (χ0v) is 8.70. The molecule has 14 heavy (non-hydrogen) atoms. The molecule has 0 amide bonds. The summed E-state index contributed by atoms with van der Waals surface area (Å²) in [7, 11) is 0. The average molecular weight is 188 g/mol. The third-order valence-corrected chi connectivity index (χ3v) is 2.10. The largest absolute Gasteiger partial charge is 0.508 e. The number of aliphatic hydroxyl groups excluding tert-OH is 1. The summed E-state index contributed by atoms with van der Waals surface area (Å²) >= 11 is 0. The summed E-state index contributed by atoms with van der Waals surface area (Å²) in [5.74, 6) is 0.385. The maximum absolute atomic E-state index is 9.47. The molecule has 0 saturated heterocycles. The average Bonchev–Trinajstić information content (AvgIpc) is 2.33. The fraction of sp³-hybridized carbons (Fsp3) is 0.231. The Hall–Kier alpha value is -1.50. The second-order valence-corrected chi connectivity index (χ2v) is 3.27. The highest BCUT2D eigenvalue weighted by Crippen LogP contribution is 2.16. The van der Waals surface area contributed by atoms with Gasteiger partial charge in [-0.05, 0) is 37.5 Å². The predicted octanol–water partition coefficient (Wildman–Crippen LogP) is 3.84. The summed E-state index contributed by atoms with van der Waals surface area (Å²) in [4.78, 5) is 0. The second kappa shape index (κ2) is 5.28. The van der Waals surface area contributed by atoms with Crippen molar-refractivity contribution >= 4 is 0 Å². The molecule has 0 unspecified atom stereocenters. The number of allylic oxidation sites excluding steroid dienone is 9. The molecule has 1 heteroatoms. The molecule has 0 spiro atoms. The van der Waals surface area contributed by atoms with Gasteiger partial charge in [-0.25, -0.2) is 0 Å². The molecule has 74 valence electrons. The van der Waals surface area contributed by atoms with E-state index in [9.17, 15) is 5.11 Å². The Balaban J connectivity index is 2.75. The monoisotopic (exact) mass is 188 g/mol. The highest BCUT2D eigenvalue weighted by Gasteiger charge is 2.00. The smallest absolute Gasteiger partial charge is 0.114 e. The Bertz CT molecular complexity index is 338. The quantitative estimate of drug-likeness (QED) is 0.653. The van der Waals surface area contributed by atoms with Gasteiger partial charge in [-0.1, -0.05) is 36.5 Å². The molecule has 0 aromatic carbocycles. The molecule has 0 aliphatic heterocycles. The van der Waals surface area contributed by atoms with Crippen LogP contribution in [0.25, 0.3) is 0 Å². The van der Waals surface area contributed by atoms with Crippen molar-refractivity contribution in [2.45, 2.75) is 20.3 Å². The third kappa shape index (κ3) is 3.09. The number of hydrogen-bond acceptors (Lipinski definition) is 1. The molecule has 1 aliphatic rings. The summed E-state index contributed by atoms with van der Waals surface area (Å²) in [6.45, 7) is 3.89. The lowest BCUT2D eigenvalue weighted by Crippen LogP contribution is -1.80. The van der Waals surface area contributed by atoms with E-state index >= 15 is 0 Å². The van der Waals surface area contributed by atoms with Gasteiger partial charge in [-0.2, -0.15) is 0 Å². The zero-order valence-electron chi connectivity index (χ0n) is 8.70. The van der Waals surface area contributed by atoms with Crippen LogP contribution in [-0.2, 0) is 0 Å². The van der Waals surface area contributed by atoms with Gasteiger partial charge in [0.2, 0.25) is 0 Å². The third-order valence-electron chi connectivity index (χ3n) is 2.10. The Kier molecular flexibility index (Phi) is 3.99. The first-order valence-electron chi connectivity index (χ1n) is 4.80. The zero-order chi connectivity index (χ0) is 10.4. The van der Waals surface area contributed by atoms with Crippen molar-refractivity contribution in [2.24, 2.45) is 0 Å². The lowest BCUT2D eigenvalue weighted by molar-refractivity contribution is 0.421. The van der Waals surface area contributed by atoms with E-state index in [2.05, 4.69) is 6.08 Å². The van der Waals surface area contributed by atoms with Crippen LogP contribution in [0.5, 0.6) is 0 Å². The molecule has 1 N–H and O–H groups in total. The van der Waals surface area contributed by atoms with E-state index in [1.165, 1.54) is 5.57 Å². The summed E-state index contributed by atoms with van der Waals surface area (Å²) < 4.78 is 0. The highest BCUT2D eigenvalue weighted by molar-refractivity contribution is 5.37. The van der Waals surface area contributed by atoms with E-state index < -0.39 is 0 Å². The second-order valence-electron chi connectivity index (χ2n) is 3.27. The fourth-order valence-corrected chi connectivity index (χ4v) is 1.17. The van der Waals surface area contributed by atoms with Gasteiger partial charge in [-0.3, -0.25) is 0 Å². The normalized spacial score (nSPS) is 18.0. The van der Waals surface area contributed by atoms with E-state index in [4.69, 9.17) is 0 Å². The molecule has 0 heterocycles. The molecule has 0 bridgehead atoms. The minimum absolute atomic E-state index is 0.385. The van der Waals surface area contributed by atoms with Gasteiger partial charge in [0.05, 0.1) is 0 Å². The molecule has 0 aromatic heterocycles. The summed E-state index contributed by atoms with van der Waals surface area (Å²) in [5.41, 5.74) is 2.12. The Morgan fingerprint density at radius 1 is 1.29 bits per heavy atom. The maximum atomic E-state index is 9.47. The van der Waals surface area contributed by atoms with E-state index in [-0.39, 0.29) is 0 Å². The van der Waals surface area contributed by atoms with E-state index in [0.717, 1.165) is 12.0 Å². The van der Waals surface area contributed by atoms with Gasteiger partial charge in [-0.15, -0.1) is 0 Å². The van der Waals surface area contributed by atoms with Crippen LogP contribution in [0.4, 0.5) is 0 Å². The molecule has 0 radical (unpaired) electrons. The van der Waals surface area contributed by atoms with Crippen molar-refractivity contribution in [3.05, 3.63) is 59.4 Å². The molecule has 1 rings (SSSR count). The van der Waals surface area contributed by atoms with Gasteiger partial charge in [0.15, 0.2) is 0 Å². The van der Waals surface area contributed by atoms with Crippen molar-refractivity contribution in [1.29, 1.82) is 0 Å². The predicted molar refractivity (Wildman–Crippen MR) is 61.1 cm³/mol. The number of rotatable bonds is 2. The SMILES string of the molecule is C/C=C\C=C/C1=CC=C(C)C(O)=CC1. The molecular formula is C13H16O. The van der Waals surface area contributed by atoms with Crippen molar-refractivity contribution in [2.75, 3.05) is 0 Å². The van der Waals surface area contributed by atoms with Crippen LogP contribution in [-0.4, -0.2) is 5.11 Å². The first kappa shape index (κ1) is 10.6. The first-order valence-corrected chi connectivity index (χ1v) is 4.80. The van der Waals surface area contributed by atoms with Gasteiger partial charge in [0.1, 0.15) is 5.76 Å². The minimum atomic E-state index is 0.385. The standard InChI is InChI=1S/C13H16O/c1-3-4-5-6-12-8-7-11(2)13(14)10-9-12/h3-8,10,14H,9H2,1-2H3/b4-3-,6-5-. The van der Waals surface area contributed by atoms with Crippen LogP contribution in [0.3, 0.4) is 0 Å². The van der Waals surface area contributed by atoms with Crippen LogP contribution in [0.1, 0.15) is 20.3 Å². The topological polar surface area (TPSA) is 20.2 Å². The summed E-state index contributed by atoms with van der Waals surface area (Å²) in [6, 6.07) is 0.